The molecule has 2 aromatic rings. The first kappa shape index (κ1) is 16.5. The van der Waals surface area contributed by atoms with E-state index >= 15 is 0 Å². The summed E-state index contributed by atoms with van der Waals surface area (Å²) in [6.07, 6.45) is 5.23. The number of fused-ring (bicyclic) bond motifs is 1. The molecule has 1 N–H and O–H groups in total. The van der Waals surface area contributed by atoms with E-state index in [1.807, 2.05) is 42.6 Å². The summed E-state index contributed by atoms with van der Waals surface area (Å²) in [7, 11) is 3.52. The van der Waals surface area contributed by atoms with Crippen molar-refractivity contribution >= 4 is 11.7 Å². The summed E-state index contributed by atoms with van der Waals surface area (Å²) < 4.78 is 5.01. The maximum absolute atomic E-state index is 12.3. The lowest BCUT2D eigenvalue weighted by atomic mass is 9.96. The van der Waals surface area contributed by atoms with Crippen LogP contribution in [-0.4, -0.2) is 37.7 Å². The van der Waals surface area contributed by atoms with Crippen LogP contribution < -0.4 is 10.2 Å². The highest BCUT2D eigenvalue weighted by molar-refractivity contribution is 5.76. The van der Waals surface area contributed by atoms with E-state index in [4.69, 9.17) is 4.74 Å². The molecule has 0 bridgehead atoms. The van der Waals surface area contributed by atoms with E-state index in [0.29, 0.717) is 6.42 Å². The van der Waals surface area contributed by atoms with Crippen LogP contribution in [0.15, 0.2) is 48.8 Å². The lowest BCUT2D eigenvalue weighted by Gasteiger charge is -2.34. The molecule has 2 heterocycles. The predicted molar refractivity (Wildman–Crippen MR) is 94.0 cm³/mol. The second-order valence-corrected chi connectivity index (χ2v) is 6.13. The Balaban J connectivity index is 1.80. The van der Waals surface area contributed by atoms with Crippen molar-refractivity contribution in [3.63, 3.8) is 0 Å². The number of aromatic nitrogens is 1. The number of carbonyl (C=O) groups excluding carboxylic acids is 1. The number of benzene rings is 1. The second-order valence-electron chi connectivity index (χ2n) is 6.13. The standard InChI is InChI=1S/C19H23N3O2/c1-22-11-9-16(15-13-20-10-8-18(15)22)21-17(19(23)24-2)12-14-6-4-3-5-7-14/h3-8,10,13,16-17,21H,9,11-12H2,1-2H3/t16-,17-/m0/s1. The van der Waals surface area contributed by atoms with Gasteiger partial charge in [0.15, 0.2) is 0 Å². The summed E-state index contributed by atoms with van der Waals surface area (Å²) in [5, 5.41) is 3.49. The van der Waals surface area contributed by atoms with E-state index in [0.717, 1.165) is 29.8 Å². The molecule has 0 spiro atoms. The minimum atomic E-state index is -0.376. The smallest absolute Gasteiger partial charge is 0.323 e. The van der Waals surface area contributed by atoms with Crippen molar-refractivity contribution in [1.29, 1.82) is 0 Å². The van der Waals surface area contributed by atoms with E-state index in [1.54, 1.807) is 6.20 Å². The second kappa shape index (κ2) is 7.45. The average molecular weight is 325 g/mol. The first-order chi connectivity index (χ1) is 11.7. The Hall–Kier alpha value is -2.40. The predicted octanol–water partition coefficient (Wildman–Crippen LogP) is 2.34. The van der Waals surface area contributed by atoms with Gasteiger partial charge in [0, 0.05) is 43.3 Å². The molecular weight excluding hydrogens is 302 g/mol. The molecule has 0 saturated carbocycles. The van der Waals surface area contributed by atoms with Gasteiger partial charge in [-0.1, -0.05) is 30.3 Å². The van der Waals surface area contributed by atoms with Crippen LogP contribution in [-0.2, 0) is 16.0 Å². The number of nitrogens with zero attached hydrogens (tertiary/aromatic N) is 2. The van der Waals surface area contributed by atoms with E-state index in [2.05, 4.69) is 22.2 Å². The lowest BCUT2D eigenvalue weighted by molar-refractivity contribution is -0.143. The fraction of sp³-hybridized carbons (Fsp3) is 0.368. The fourth-order valence-electron chi connectivity index (χ4n) is 3.23. The zero-order valence-corrected chi connectivity index (χ0v) is 14.1. The molecule has 5 nitrogen and oxygen atoms in total. The van der Waals surface area contributed by atoms with Crippen LogP contribution in [0.3, 0.4) is 0 Å². The third kappa shape index (κ3) is 3.57. The van der Waals surface area contributed by atoms with Crippen LogP contribution in [0.5, 0.6) is 0 Å². The normalized spacial score (nSPS) is 17.9. The van der Waals surface area contributed by atoms with E-state index in [9.17, 15) is 4.79 Å². The monoisotopic (exact) mass is 325 g/mol. The summed E-state index contributed by atoms with van der Waals surface area (Å²) in [6, 6.07) is 11.7. The van der Waals surface area contributed by atoms with E-state index in [1.165, 1.54) is 7.11 Å². The maximum Gasteiger partial charge on any atom is 0.323 e. The average Bonchev–Trinajstić information content (AvgIpc) is 2.63. The van der Waals surface area contributed by atoms with Crippen molar-refractivity contribution in [2.75, 3.05) is 25.6 Å². The van der Waals surface area contributed by atoms with Gasteiger partial charge in [-0.25, -0.2) is 0 Å². The zero-order chi connectivity index (χ0) is 16.9. The van der Waals surface area contributed by atoms with Gasteiger partial charge in [-0.2, -0.15) is 0 Å². The zero-order valence-electron chi connectivity index (χ0n) is 14.1. The molecule has 3 rings (SSSR count). The quantitative estimate of drug-likeness (QED) is 0.855. The number of anilines is 1. The number of hydrogen-bond acceptors (Lipinski definition) is 5. The molecule has 0 saturated heterocycles. The van der Waals surface area contributed by atoms with Crippen LogP contribution in [0, 0.1) is 0 Å². The van der Waals surface area contributed by atoms with Gasteiger partial charge in [0.2, 0.25) is 0 Å². The third-order valence-electron chi connectivity index (χ3n) is 4.54. The van der Waals surface area contributed by atoms with Crippen LogP contribution in [0.1, 0.15) is 23.6 Å². The lowest BCUT2D eigenvalue weighted by Crippen LogP contribution is -2.44. The Morgan fingerprint density at radius 1 is 1.38 bits per heavy atom. The first-order valence-corrected chi connectivity index (χ1v) is 8.22. The third-order valence-corrected chi connectivity index (χ3v) is 4.54. The molecule has 24 heavy (non-hydrogen) atoms. The molecule has 126 valence electrons. The molecule has 0 unspecified atom stereocenters. The summed E-state index contributed by atoms with van der Waals surface area (Å²) in [5.41, 5.74) is 3.41. The Morgan fingerprint density at radius 3 is 2.92 bits per heavy atom. The van der Waals surface area contributed by atoms with Crippen molar-refractivity contribution in [3.05, 3.63) is 59.9 Å². The number of esters is 1. The Bertz CT molecular complexity index is 690. The highest BCUT2D eigenvalue weighted by Gasteiger charge is 2.28. The highest BCUT2D eigenvalue weighted by atomic mass is 16.5. The molecule has 5 heteroatoms. The molecule has 2 atom stereocenters. The van der Waals surface area contributed by atoms with Crippen LogP contribution in [0.25, 0.3) is 0 Å². The van der Waals surface area contributed by atoms with Gasteiger partial charge in [0.1, 0.15) is 6.04 Å². The van der Waals surface area contributed by atoms with Crippen LogP contribution >= 0.6 is 0 Å². The molecule has 1 aromatic heterocycles. The molecule has 0 aliphatic carbocycles. The number of methoxy groups -OCH3 is 1. The number of carbonyl (C=O) groups is 1. The largest absolute Gasteiger partial charge is 0.468 e. The van der Waals surface area contributed by atoms with Gasteiger partial charge in [0.25, 0.3) is 0 Å². The van der Waals surface area contributed by atoms with Gasteiger partial charge >= 0.3 is 5.97 Å². The fourth-order valence-corrected chi connectivity index (χ4v) is 3.23. The van der Waals surface area contributed by atoms with Crippen LogP contribution in [0.2, 0.25) is 0 Å². The van der Waals surface area contributed by atoms with E-state index < -0.39 is 0 Å². The summed E-state index contributed by atoms with van der Waals surface area (Å²) in [4.78, 5) is 18.7. The molecule has 1 aliphatic heterocycles. The highest BCUT2D eigenvalue weighted by Crippen LogP contribution is 2.32. The first-order valence-electron chi connectivity index (χ1n) is 8.22. The molecule has 1 aliphatic rings. The molecule has 0 amide bonds. The van der Waals surface area contributed by atoms with Crippen molar-refractivity contribution in [1.82, 2.24) is 10.3 Å². The number of hydrogen-bond donors (Lipinski definition) is 1. The summed E-state index contributed by atoms with van der Waals surface area (Å²) in [6.45, 7) is 0.938. The molecule has 0 radical (unpaired) electrons. The van der Waals surface area contributed by atoms with Crippen LogP contribution in [0.4, 0.5) is 5.69 Å². The Labute approximate surface area is 142 Å². The van der Waals surface area contributed by atoms with Crippen molar-refractivity contribution in [2.24, 2.45) is 0 Å². The molecule has 1 aromatic carbocycles. The SMILES string of the molecule is COC(=O)[C@H](Cc1ccccc1)N[C@H]1CCN(C)c2ccncc21. The minimum Gasteiger partial charge on any atom is -0.468 e. The number of pyridine rings is 1. The Morgan fingerprint density at radius 2 is 2.17 bits per heavy atom. The minimum absolute atomic E-state index is 0.0951. The summed E-state index contributed by atoms with van der Waals surface area (Å²) in [5.74, 6) is -0.233. The van der Waals surface area contributed by atoms with Gasteiger partial charge in [0.05, 0.1) is 7.11 Å². The van der Waals surface area contributed by atoms with Gasteiger partial charge in [-0.05, 0) is 24.5 Å². The molecular formula is C19H23N3O2. The summed E-state index contributed by atoms with van der Waals surface area (Å²) >= 11 is 0. The number of rotatable bonds is 5. The van der Waals surface area contributed by atoms with E-state index in [-0.39, 0.29) is 18.1 Å². The van der Waals surface area contributed by atoms with Gasteiger partial charge in [-0.3, -0.25) is 15.1 Å². The number of ether oxygens (including phenoxy) is 1. The Kier molecular flexibility index (Phi) is 5.11. The van der Waals surface area contributed by atoms with Gasteiger partial charge in [-0.15, -0.1) is 0 Å². The van der Waals surface area contributed by atoms with Crippen molar-refractivity contribution in [3.8, 4) is 0 Å². The topological polar surface area (TPSA) is 54.5 Å². The molecule has 0 fully saturated rings. The van der Waals surface area contributed by atoms with Gasteiger partial charge < -0.3 is 9.64 Å². The van der Waals surface area contributed by atoms with Crippen molar-refractivity contribution < 1.29 is 9.53 Å². The number of nitrogens with one attached hydrogen (secondary N) is 1. The maximum atomic E-state index is 12.3. The van der Waals surface area contributed by atoms with Crippen molar-refractivity contribution in [2.45, 2.75) is 24.9 Å².